The molecule has 0 radical (unpaired) electrons. The summed E-state index contributed by atoms with van der Waals surface area (Å²) in [6, 6.07) is 0. The smallest absolute Gasteiger partial charge is 0.229 e. The van der Waals surface area contributed by atoms with E-state index in [1.54, 1.807) is 4.90 Å². The quantitative estimate of drug-likeness (QED) is 0.758. The molecule has 0 amide bonds. The largest absolute Gasteiger partial charge is 0.370 e. The van der Waals surface area contributed by atoms with Crippen LogP contribution in [0.5, 0.6) is 0 Å². The Kier molecular flexibility index (Phi) is 2.68. The highest BCUT2D eigenvalue weighted by Gasteiger charge is 2.22. The van der Waals surface area contributed by atoms with Gasteiger partial charge in [-0.15, -0.1) is 0 Å². The van der Waals surface area contributed by atoms with Crippen LogP contribution in [-0.4, -0.2) is 35.7 Å². The van der Waals surface area contributed by atoms with Crippen molar-refractivity contribution in [2.24, 2.45) is 0 Å². The van der Waals surface area contributed by atoms with Crippen LogP contribution in [0.2, 0.25) is 0 Å². The molecule has 1 aliphatic heterocycles. The van der Waals surface area contributed by atoms with Gasteiger partial charge in [-0.2, -0.15) is 15.0 Å². The Morgan fingerprint density at radius 3 is 2.73 bits per heavy atom. The number of nitrogen functional groups attached to an aromatic ring is 1. The molecule has 6 nitrogen and oxygen atoms in total. The molecule has 0 bridgehead atoms. The highest BCUT2D eigenvalue weighted by Crippen LogP contribution is 2.26. The molecule has 2 N–H and O–H groups in total. The van der Waals surface area contributed by atoms with Gasteiger partial charge in [0.05, 0.1) is 0 Å². The molecular weight excluding hydrogens is 194 g/mol. The van der Waals surface area contributed by atoms with Gasteiger partial charge in [0.2, 0.25) is 11.9 Å². The maximum Gasteiger partial charge on any atom is 0.229 e. The van der Waals surface area contributed by atoms with E-state index in [4.69, 9.17) is 10.5 Å². The van der Waals surface area contributed by atoms with Crippen LogP contribution in [0.4, 0.5) is 11.9 Å². The first-order chi connectivity index (χ1) is 7.16. The van der Waals surface area contributed by atoms with Crippen molar-refractivity contribution in [1.29, 1.82) is 0 Å². The summed E-state index contributed by atoms with van der Waals surface area (Å²) < 4.78 is 5.50. The van der Waals surface area contributed by atoms with Crippen molar-refractivity contribution in [1.82, 2.24) is 15.0 Å². The summed E-state index contributed by atoms with van der Waals surface area (Å²) in [6.45, 7) is 0.771. The third-order valence-corrected chi connectivity index (χ3v) is 2.28. The Balaban J connectivity index is 2.30. The van der Waals surface area contributed by atoms with E-state index in [0.29, 0.717) is 11.8 Å². The maximum atomic E-state index is 5.62. The Labute approximate surface area is 88.5 Å². The van der Waals surface area contributed by atoms with E-state index in [-0.39, 0.29) is 12.1 Å². The monoisotopic (exact) mass is 209 g/mol. The molecule has 15 heavy (non-hydrogen) atoms. The first kappa shape index (κ1) is 10.1. The van der Waals surface area contributed by atoms with Crippen molar-refractivity contribution >= 4 is 11.9 Å². The van der Waals surface area contributed by atoms with E-state index in [0.717, 1.165) is 19.4 Å². The second-order valence-electron chi connectivity index (χ2n) is 3.75. The third-order valence-electron chi connectivity index (χ3n) is 2.28. The zero-order valence-corrected chi connectivity index (χ0v) is 8.97. The van der Waals surface area contributed by atoms with Gasteiger partial charge in [-0.1, -0.05) is 0 Å². The van der Waals surface area contributed by atoms with Crippen LogP contribution >= 0.6 is 0 Å². The molecular formula is C9H15N5O. The minimum Gasteiger partial charge on any atom is -0.370 e. The number of ether oxygens (including phenoxy) is 1. The lowest BCUT2D eigenvalue weighted by molar-refractivity contribution is 0.105. The fraction of sp³-hybridized carbons (Fsp3) is 0.667. The van der Waals surface area contributed by atoms with E-state index < -0.39 is 0 Å². The van der Waals surface area contributed by atoms with Crippen molar-refractivity contribution in [3.8, 4) is 0 Å². The lowest BCUT2D eigenvalue weighted by Gasteiger charge is -2.13. The van der Waals surface area contributed by atoms with Crippen LogP contribution < -0.4 is 10.6 Å². The highest BCUT2D eigenvalue weighted by atomic mass is 16.5. The third kappa shape index (κ3) is 2.15. The van der Waals surface area contributed by atoms with Gasteiger partial charge in [0.15, 0.2) is 5.82 Å². The number of hydrogen-bond acceptors (Lipinski definition) is 6. The standard InChI is InChI=1S/C9H15N5O/c1-14(2)9-12-7(11-8(10)13-9)6-4-3-5-15-6/h6H,3-5H2,1-2H3,(H2,10,11,12,13). The van der Waals surface area contributed by atoms with Gasteiger partial charge in [0.25, 0.3) is 0 Å². The SMILES string of the molecule is CN(C)c1nc(N)nc(C2CCCO2)n1. The number of hydrogen-bond donors (Lipinski definition) is 1. The van der Waals surface area contributed by atoms with Gasteiger partial charge < -0.3 is 15.4 Å². The minimum absolute atomic E-state index is 0.0194. The first-order valence-electron chi connectivity index (χ1n) is 4.97. The van der Waals surface area contributed by atoms with Gasteiger partial charge >= 0.3 is 0 Å². The number of aromatic nitrogens is 3. The van der Waals surface area contributed by atoms with E-state index in [9.17, 15) is 0 Å². The Hall–Kier alpha value is -1.43. The molecule has 0 saturated carbocycles. The first-order valence-corrected chi connectivity index (χ1v) is 4.97. The molecule has 2 rings (SSSR count). The summed E-state index contributed by atoms with van der Waals surface area (Å²) in [7, 11) is 3.74. The van der Waals surface area contributed by atoms with Gasteiger partial charge in [-0.3, -0.25) is 0 Å². The Morgan fingerprint density at radius 2 is 2.13 bits per heavy atom. The summed E-state index contributed by atoms with van der Waals surface area (Å²) >= 11 is 0. The Bertz CT molecular complexity index is 348. The number of anilines is 2. The topological polar surface area (TPSA) is 77.2 Å². The normalized spacial score (nSPS) is 20.5. The number of rotatable bonds is 2. The molecule has 2 heterocycles. The van der Waals surface area contributed by atoms with Crippen LogP contribution in [0.15, 0.2) is 0 Å². The van der Waals surface area contributed by atoms with E-state index in [1.165, 1.54) is 0 Å². The van der Waals surface area contributed by atoms with E-state index in [2.05, 4.69) is 15.0 Å². The molecule has 0 aliphatic carbocycles. The molecule has 1 atom stereocenters. The van der Waals surface area contributed by atoms with Gasteiger partial charge in [0, 0.05) is 20.7 Å². The Morgan fingerprint density at radius 1 is 1.33 bits per heavy atom. The van der Waals surface area contributed by atoms with E-state index >= 15 is 0 Å². The molecule has 0 spiro atoms. The second-order valence-corrected chi connectivity index (χ2v) is 3.75. The zero-order chi connectivity index (χ0) is 10.8. The summed E-state index contributed by atoms with van der Waals surface area (Å²) in [4.78, 5) is 14.2. The predicted octanol–water partition coefficient (Wildman–Crippen LogP) is 0.371. The summed E-state index contributed by atoms with van der Waals surface area (Å²) in [5, 5.41) is 0. The second kappa shape index (κ2) is 3.98. The minimum atomic E-state index is -0.0194. The average Bonchev–Trinajstić information content (AvgIpc) is 2.69. The predicted molar refractivity (Wildman–Crippen MR) is 56.5 cm³/mol. The van der Waals surface area contributed by atoms with E-state index in [1.807, 2.05) is 14.1 Å². The number of nitrogens with zero attached hydrogens (tertiary/aromatic N) is 4. The van der Waals surface area contributed by atoms with Gasteiger partial charge in [-0.25, -0.2) is 0 Å². The maximum absolute atomic E-state index is 5.62. The lowest BCUT2D eigenvalue weighted by Crippen LogP contribution is -2.17. The summed E-state index contributed by atoms with van der Waals surface area (Å²) in [6.07, 6.45) is 1.98. The molecule has 1 aromatic rings. The molecule has 82 valence electrons. The molecule has 1 saturated heterocycles. The molecule has 1 fully saturated rings. The summed E-state index contributed by atoms with van der Waals surface area (Å²) in [5.74, 6) is 1.47. The van der Waals surface area contributed by atoms with Crippen molar-refractivity contribution in [3.63, 3.8) is 0 Å². The van der Waals surface area contributed by atoms with Crippen molar-refractivity contribution in [2.75, 3.05) is 31.3 Å². The fourth-order valence-electron chi connectivity index (χ4n) is 1.52. The fourth-order valence-corrected chi connectivity index (χ4v) is 1.52. The molecule has 6 heteroatoms. The molecule has 1 unspecified atom stereocenters. The van der Waals surface area contributed by atoms with Crippen molar-refractivity contribution < 1.29 is 4.74 Å². The van der Waals surface area contributed by atoms with Crippen LogP contribution in [0.3, 0.4) is 0 Å². The van der Waals surface area contributed by atoms with Crippen molar-refractivity contribution in [2.45, 2.75) is 18.9 Å². The zero-order valence-electron chi connectivity index (χ0n) is 8.97. The number of nitrogens with two attached hydrogens (primary N) is 1. The highest BCUT2D eigenvalue weighted by molar-refractivity contribution is 5.32. The van der Waals surface area contributed by atoms with Crippen LogP contribution in [0.25, 0.3) is 0 Å². The van der Waals surface area contributed by atoms with Gasteiger partial charge in [-0.05, 0) is 12.8 Å². The molecule has 0 aromatic carbocycles. The molecule has 1 aromatic heterocycles. The summed E-state index contributed by atoms with van der Waals surface area (Å²) in [5.41, 5.74) is 5.62. The molecule has 1 aliphatic rings. The van der Waals surface area contributed by atoms with Gasteiger partial charge in [0.1, 0.15) is 6.10 Å². The average molecular weight is 209 g/mol. The van der Waals surface area contributed by atoms with Crippen LogP contribution in [-0.2, 0) is 4.74 Å². The van der Waals surface area contributed by atoms with Crippen LogP contribution in [0, 0.1) is 0 Å². The lowest BCUT2D eigenvalue weighted by atomic mass is 10.2. The van der Waals surface area contributed by atoms with Crippen LogP contribution in [0.1, 0.15) is 24.8 Å². The van der Waals surface area contributed by atoms with Crippen molar-refractivity contribution in [3.05, 3.63) is 5.82 Å².